The van der Waals surface area contributed by atoms with Gasteiger partial charge in [0.1, 0.15) is 11.6 Å². The minimum atomic E-state index is 0.576. The summed E-state index contributed by atoms with van der Waals surface area (Å²) in [6.45, 7) is 3.86. The quantitative estimate of drug-likeness (QED) is 0.560. The number of piperazine rings is 1. The fourth-order valence-electron chi connectivity index (χ4n) is 3.49. The molecule has 1 N–H and O–H groups in total. The maximum Gasteiger partial charge on any atom is 0.228 e. The van der Waals surface area contributed by atoms with Gasteiger partial charge < -0.3 is 19.5 Å². The second-order valence-corrected chi connectivity index (χ2v) is 6.85. The summed E-state index contributed by atoms with van der Waals surface area (Å²) in [4.78, 5) is 22.7. The number of para-hydroxylation sites is 1. The standard InChI is InChI=1S/C21H21N7O/c1-2-7-18-17(6-1)19(24-15-16-5-3-14-29-16)26-21(25-18)28-12-10-27(11-13-28)20-22-8-4-9-23-20/h1-9,14H,10-13,15H2,(H,24,25,26). The van der Waals surface area contributed by atoms with E-state index in [1.165, 1.54) is 0 Å². The molecule has 1 saturated heterocycles. The number of furan rings is 1. The minimum absolute atomic E-state index is 0.576. The fourth-order valence-corrected chi connectivity index (χ4v) is 3.49. The molecule has 0 atom stereocenters. The van der Waals surface area contributed by atoms with Crippen LogP contribution in [0, 0.1) is 0 Å². The van der Waals surface area contributed by atoms with Gasteiger partial charge >= 0.3 is 0 Å². The number of nitrogens with zero attached hydrogens (tertiary/aromatic N) is 6. The smallest absolute Gasteiger partial charge is 0.228 e. The van der Waals surface area contributed by atoms with Crippen molar-refractivity contribution in [2.75, 3.05) is 41.3 Å². The van der Waals surface area contributed by atoms with E-state index in [-0.39, 0.29) is 0 Å². The van der Waals surface area contributed by atoms with Crippen LogP contribution in [0.5, 0.6) is 0 Å². The van der Waals surface area contributed by atoms with Crippen LogP contribution in [0.4, 0.5) is 17.7 Å². The number of hydrogen-bond acceptors (Lipinski definition) is 8. The van der Waals surface area contributed by atoms with Crippen molar-refractivity contribution in [1.82, 2.24) is 19.9 Å². The average Bonchev–Trinajstić information content (AvgIpc) is 3.32. The molecule has 8 heteroatoms. The van der Waals surface area contributed by atoms with Crippen LogP contribution >= 0.6 is 0 Å². The summed E-state index contributed by atoms with van der Waals surface area (Å²) in [5.41, 5.74) is 0.924. The van der Waals surface area contributed by atoms with Crippen LogP contribution in [0.3, 0.4) is 0 Å². The Bertz CT molecular complexity index is 1080. The van der Waals surface area contributed by atoms with Crippen molar-refractivity contribution >= 4 is 28.6 Å². The Balaban J connectivity index is 1.37. The molecule has 0 saturated carbocycles. The van der Waals surface area contributed by atoms with Crippen LogP contribution in [0.15, 0.2) is 65.5 Å². The Morgan fingerprint density at radius 1 is 0.828 bits per heavy atom. The van der Waals surface area contributed by atoms with Crippen LogP contribution < -0.4 is 15.1 Å². The van der Waals surface area contributed by atoms with Crippen LogP contribution in [0.25, 0.3) is 10.9 Å². The first-order chi connectivity index (χ1) is 14.4. The van der Waals surface area contributed by atoms with E-state index in [1.54, 1.807) is 18.7 Å². The lowest BCUT2D eigenvalue weighted by Crippen LogP contribution is -2.47. The van der Waals surface area contributed by atoms with E-state index in [0.29, 0.717) is 6.54 Å². The molecule has 0 aliphatic carbocycles. The third-order valence-electron chi connectivity index (χ3n) is 5.00. The van der Waals surface area contributed by atoms with Crippen molar-refractivity contribution in [3.05, 3.63) is 66.9 Å². The molecule has 4 aromatic rings. The summed E-state index contributed by atoms with van der Waals surface area (Å²) in [7, 11) is 0. The van der Waals surface area contributed by atoms with Gasteiger partial charge in [-0.15, -0.1) is 0 Å². The summed E-state index contributed by atoms with van der Waals surface area (Å²) in [6.07, 6.45) is 5.23. The first-order valence-electron chi connectivity index (χ1n) is 9.67. The molecule has 3 aromatic heterocycles. The van der Waals surface area contributed by atoms with Crippen LogP contribution in [-0.2, 0) is 6.54 Å². The molecule has 4 heterocycles. The first kappa shape index (κ1) is 17.4. The Hall–Kier alpha value is -3.68. The minimum Gasteiger partial charge on any atom is -0.467 e. The van der Waals surface area contributed by atoms with Crippen molar-refractivity contribution in [3.8, 4) is 0 Å². The van der Waals surface area contributed by atoms with Gasteiger partial charge in [0.25, 0.3) is 0 Å². The van der Waals surface area contributed by atoms with Gasteiger partial charge in [-0.3, -0.25) is 0 Å². The molecule has 5 rings (SSSR count). The fraction of sp³-hybridized carbons (Fsp3) is 0.238. The molecule has 0 bridgehead atoms. The lowest BCUT2D eigenvalue weighted by atomic mass is 10.2. The summed E-state index contributed by atoms with van der Waals surface area (Å²) in [5.74, 6) is 3.19. The molecule has 1 aromatic carbocycles. The van der Waals surface area contributed by atoms with Gasteiger partial charge in [-0.2, -0.15) is 4.98 Å². The third-order valence-corrected chi connectivity index (χ3v) is 5.00. The average molecular weight is 387 g/mol. The first-order valence-corrected chi connectivity index (χ1v) is 9.67. The van der Waals surface area contributed by atoms with Crippen molar-refractivity contribution < 1.29 is 4.42 Å². The Labute approximate surface area is 168 Å². The number of rotatable bonds is 5. The van der Waals surface area contributed by atoms with Crippen LogP contribution in [0.2, 0.25) is 0 Å². The van der Waals surface area contributed by atoms with Gasteiger partial charge in [0.05, 0.1) is 18.3 Å². The number of benzene rings is 1. The highest BCUT2D eigenvalue weighted by atomic mass is 16.3. The van der Waals surface area contributed by atoms with Gasteiger partial charge in [0, 0.05) is 44.0 Å². The molecular formula is C21H21N7O. The third kappa shape index (κ3) is 3.69. The van der Waals surface area contributed by atoms with E-state index in [1.807, 2.05) is 42.5 Å². The zero-order valence-corrected chi connectivity index (χ0v) is 15.9. The highest BCUT2D eigenvalue weighted by Crippen LogP contribution is 2.25. The van der Waals surface area contributed by atoms with Gasteiger partial charge in [0.2, 0.25) is 11.9 Å². The molecule has 1 aliphatic heterocycles. The predicted octanol–water partition coefficient (Wildman–Crippen LogP) is 2.95. The largest absolute Gasteiger partial charge is 0.467 e. The summed E-state index contributed by atoms with van der Waals surface area (Å²) in [6, 6.07) is 13.7. The highest BCUT2D eigenvalue weighted by Gasteiger charge is 2.21. The molecule has 8 nitrogen and oxygen atoms in total. The number of fused-ring (bicyclic) bond motifs is 1. The Kier molecular flexibility index (Phi) is 4.65. The summed E-state index contributed by atoms with van der Waals surface area (Å²) < 4.78 is 5.43. The van der Waals surface area contributed by atoms with Crippen molar-refractivity contribution in [2.24, 2.45) is 0 Å². The van der Waals surface area contributed by atoms with Gasteiger partial charge in [-0.05, 0) is 30.3 Å². The van der Waals surface area contributed by atoms with Crippen molar-refractivity contribution in [3.63, 3.8) is 0 Å². The molecule has 0 unspecified atom stereocenters. The van der Waals surface area contributed by atoms with Crippen LogP contribution in [0.1, 0.15) is 5.76 Å². The van der Waals surface area contributed by atoms with Gasteiger partial charge in [-0.25, -0.2) is 15.0 Å². The molecule has 0 amide bonds. The lowest BCUT2D eigenvalue weighted by Gasteiger charge is -2.34. The normalized spacial score (nSPS) is 14.3. The Morgan fingerprint density at radius 3 is 2.34 bits per heavy atom. The monoisotopic (exact) mass is 387 g/mol. The molecule has 146 valence electrons. The van der Waals surface area contributed by atoms with Gasteiger partial charge in [0.15, 0.2) is 0 Å². The highest BCUT2D eigenvalue weighted by molar-refractivity contribution is 5.90. The number of nitrogens with one attached hydrogen (secondary N) is 1. The molecular weight excluding hydrogens is 366 g/mol. The zero-order valence-electron chi connectivity index (χ0n) is 15.9. The van der Waals surface area contributed by atoms with E-state index in [2.05, 4.69) is 25.1 Å². The lowest BCUT2D eigenvalue weighted by molar-refractivity contribution is 0.518. The number of anilines is 3. The maximum absolute atomic E-state index is 5.43. The van der Waals surface area contributed by atoms with E-state index < -0.39 is 0 Å². The summed E-state index contributed by atoms with van der Waals surface area (Å²) >= 11 is 0. The molecule has 0 spiro atoms. The molecule has 1 aliphatic rings. The molecule has 29 heavy (non-hydrogen) atoms. The van der Waals surface area contributed by atoms with E-state index >= 15 is 0 Å². The SMILES string of the molecule is c1cnc(N2CCN(c3nc(NCc4ccco4)c4ccccc4n3)CC2)nc1. The van der Waals surface area contributed by atoms with Crippen molar-refractivity contribution in [2.45, 2.75) is 6.54 Å². The second-order valence-electron chi connectivity index (χ2n) is 6.85. The predicted molar refractivity (Wildman–Crippen MR) is 112 cm³/mol. The molecule has 0 radical (unpaired) electrons. The van der Waals surface area contributed by atoms with Crippen LogP contribution in [-0.4, -0.2) is 46.1 Å². The van der Waals surface area contributed by atoms with Crippen molar-refractivity contribution in [1.29, 1.82) is 0 Å². The number of hydrogen-bond donors (Lipinski definition) is 1. The summed E-state index contributed by atoms with van der Waals surface area (Å²) in [5, 5.41) is 4.40. The Morgan fingerprint density at radius 2 is 1.59 bits per heavy atom. The van der Waals surface area contributed by atoms with E-state index in [4.69, 9.17) is 14.4 Å². The molecule has 1 fully saturated rings. The maximum atomic E-state index is 5.43. The van der Waals surface area contributed by atoms with Gasteiger partial charge in [-0.1, -0.05) is 12.1 Å². The number of aromatic nitrogens is 4. The topological polar surface area (TPSA) is 83.2 Å². The zero-order chi connectivity index (χ0) is 19.5. The second kappa shape index (κ2) is 7.75. The van der Waals surface area contributed by atoms with E-state index in [9.17, 15) is 0 Å². The van der Waals surface area contributed by atoms with E-state index in [0.717, 1.165) is 60.6 Å².